The Bertz CT molecular complexity index is 183. The molecule has 0 aliphatic heterocycles. The quantitative estimate of drug-likeness (QED) is 0.613. The summed E-state index contributed by atoms with van der Waals surface area (Å²) < 4.78 is 5.29. The summed E-state index contributed by atoms with van der Waals surface area (Å²) >= 11 is 0. The lowest BCUT2D eigenvalue weighted by molar-refractivity contribution is 0.101. The summed E-state index contributed by atoms with van der Waals surface area (Å²) in [6.07, 6.45) is 2.70. The molecule has 1 N–H and O–H groups in total. The Kier molecular flexibility index (Phi) is 6.28. The van der Waals surface area contributed by atoms with Crippen molar-refractivity contribution < 1.29 is 4.74 Å². The highest BCUT2D eigenvalue weighted by Gasteiger charge is 2.23. The molecule has 1 rings (SSSR count). The average molecular weight is 229 g/mol. The maximum atomic E-state index is 5.29. The van der Waals surface area contributed by atoms with Gasteiger partial charge in [0.2, 0.25) is 0 Å². The van der Waals surface area contributed by atoms with Crippen LogP contribution in [0.3, 0.4) is 0 Å². The zero-order chi connectivity index (χ0) is 12.0. The van der Waals surface area contributed by atoms with Crippen molar-refractivity contribution in [1.82, 2.24) is 15.1 Å². The van der Waals surface area contributed by atoms with Crippen LogP contribution in [-0.4, -0.2) is 76.4 Å². The van der Waals surface area contributed by atoms with Gasteiger partial charge < -0.3 is 15.0 Å². The largest absolute Gasteiger partial charge is 0.383 e. The topological polar surface area (TPSA) is 27.7 Å². The number of ether oxygens (including phenoxy) is 1. The molecule has 1 unspecified atom stereocenters. The van der Waals surface area contributed by atoms with Crippen LogP contribution in [0.5, 0.6) is 0 Å². The monoisotopic (exact) mass is 229 g/mol. The number of rotatable bonds is 9. The molecule has 0 heterocycles. The van der Waals surface area contributed by atoms with Crippen molar-refractivity contribution in [3.05, 3.63) is 0 Å². The number of nitrogens with zero attached hydrogens (tertiary/aromatic N) is 2. The second-order valence-corrected chi connectivity index (χ2v) is 5.08. The zero-order valence-electron chi connectivity index (χ0n) is 11.2. The number of likely N-dealkylation sites (N-methyl/N-ethyl adjacent to an activating group) is 2. The lowest BCUT2D eigenvalue weighted by Gasteiger charge is -2.28. The number of hydrogen-bond donors (Lipinski definition) is 1. The van der Waals surface area contributed by atoms with Crippen LogP contribution >= 0.6 is 0 Å². The molecule has 0 aromatic carbocycles. The molecule has 1 aliphatic rings. The average Bonchev–Trinajstić information content (AvgIpc) is 3.04. The SMILES string of the molecule is COCC(CNC1CC1)N(C)CCN(C)C. The van der Waals surface area contributed by atoms with Crippen LogP contribution in [0.2, 0.25) is 0 Å². The molecule has 1 aliphatic carbocycles. The van der Waals surface area contributed by atoms with Gasteiger partial charge in [0.15, 0.2) is 0 Å². The Morgan fingerprint density at radius 2 is 1.94 bits per heavy atom. The van der Waals surface area contributed by atoms with Gasteiger partial charge in [-0.15, -0.1) is 0 Å². The number of methoxy groups -OCH3 is 1. The Hall–Kier alpha value is -0.160. The van der Waals surface area contributed by atoms with Gasteiger partial charge in [0.25, 0.3) is 0 Å². The van der Waals surface area contributed by atoms with Crippen molar-refractivity contribution in [2.75, 3.05) is 54.5 Å². The molecule has 16 heavy (non-hydrogen) atoms. The fourth-order valence-electron chi connectivity index (χ4n) is 1.66. The number of nitrogens with one attached hydrogen (secondary N) is 1. The first-order valence-electron chi connectivity index (χ1n) is 6.20. The summed E-state index contributed by atoms with van der Waals surface area (Å²) in [4.78, 5) is 4.60. The van der Waals surface area contributed by atoms with Gasteiger partial charge in [0.05, 0.1) is 6.61 Å². The Morgan fingerprint density at radius 3 is 2.44 bits per heavy atom. The molecule has 1 fully saturated rings. The predicted octanol–water partition coefficient (Wildman–Crippen LogP) is 0.247. The minimum absolute atomic E-state index is 0.491. The van der Waals surface area contributed by atoms with Crippen LogP contribution in [0.4, 0.5) is 0 Å². The minimum atomic E-state index is 0.491. The van der Waals surface area contributed by atoms with Crippen molar-refractivity contribution in [2.24, 2.45) is 0 Å². The third kappa shape index (κ3) is 5.80. The second-order valence-electron chi connectivity index (χ2n) is 5.08. The maximum absolute atomic E-state index is 5.29. The molecule has 4 heteroatoms. The molecule has 0 saturated heterocycles. The summed E-state index contributed by atoms with van der Waals surface area (Å²) in [5.41, 5.74) is 0. The minimum Gasteiger partial charge on any atom is -0.383 e. The zero-order valence-corrected chi connectivity index (χ0v) is 11.2. The van der Waals surface area contributed by atoms with Crippen molar-refractivity contribution in [1.29, 1.82) is 0 Å². The molecule has 0 aromatic heterocycles. The lowest BCUT2D eigenvalue weighted by atomic mass is 10.2. The van der Waals surface area contributed by atoms with Gasteiger partial charge in [0, 0.05) is 38.8 Å². The van der Waals surface area contributed by atoms with Gasteiger partial charge in [0.1, 0.15) is 0 Å². The van der Waals surface area contributed by atoms with E-state index in [0.717, 1.165) is 32.3 Å². The van der Waals surface area contributed by atoms with Gasteiger partial charge >= 0.3 is 0 Å². The fraction of sp³-hybridized carbons (Fsp3) is 1.00. The molecule has 1 atom stereocenters. The van der Waals surface area contributed by atoms with Gasteiger partial charge in [-0.25, -0.2) is 0 Å². The maximum Gasteiger partial charge on any atom is 0.0630 e. The standard InChI is InChI=1S/C12H27N3O/c1-14(2)7-8-15(3)12(10-16-4)9-13-11-5-6-11/h11-13H,5-10H2,1-4H3. The Labute approximate surface area is 99.9 Å². The van der Waals surface area contributed by atoms with Gasteiger partial charge in [-0.1, -0.05) is 0 Å². The summed E-state index contributed by atoms with van der Waals surface area (Å²) in [6, 6.07) is 1.27. The normalized spacial score (nSPS) is 18.4. The van der Waals surface area contributed by atoms with Crippen LogP contribution < -0.4 is 5.32 Å². The molecule has 0 radical (unpaired) electrons. The van der Waals surface area contributed by atoms with E-state index in [-0.39, 0.29) is 0 Å². The smallest absolute Gasteiger partial charge is 0.0630 e. The molecular formula is C12H27N3O. The highest BCUT2D eigenvalue weighted by atomic mass is 16.5. The summed E-state index contributed by atoms with van der Waals surface area (Å²) in [6.45, 7) is 4.04. The summed E-state index contributed by atoms with van der Waals surface area (Å²) in [5, 5.41) is 3.57. The van der Waals surface area contributed by atoms with Gasteiger partial charge in [-0.05, 0) is 34.0 Å². The predicted molar refractivity (Wildman–Crippen MR) is 67.9 cm³/mol. The van der Waals surface area contributed by atoms with E-state index in [0.29, 0.717) is 6.04 Å². The van der Waals surface area contributed by atoms with E-state index in [2.05, 4.69) is 36.3 Å². The molecule has 0 amide bonds. The van der Waals surface area contributed by atoms with Crippen molar-refractivity contribution >= 4 is 0 Å². The second kappa shape index (κ2) is 7.22. The first-order chi connectivity index (χ1) is 7.63. The molecule has 0 aromatic rings. The van der Waals surface area contributed by atoms with Crippen LogP contribution in [0, 0.1) is 0 Å². The highest BCUT2D eigenvalue weighted by molar-refractivity contribution is 4.83. The third-order valence-corrected chi connectivity index (χ3v) is 3.10. The van der Waals surface area contributed by atoms with Crippen molar-refractivity contribution in [3.8, 4) is 0 Å². The highest BCUT2D eigenvalue weighted by Crippen LogP contribution is 2.18. The first kappa shape index (κ1) is 13.9. The van der Waals surface area contributed by atoms with Crippen LogP contribution in [0.1, 0.15) is 12.8 Å². The Balaban J connectivity index is 2.22. The van der Waals surface area contributed by atoms with E-state index in [1.165, 1.54) is 12.8 Å². The number of hydrogen-bond acceptors (Lipinski definition) is 4. The van der Waals surface area contributed by atoms with E-state index < -0.39 is 0 Å². The van der Waals surface area contributed by atoms with Gasteiger partial charge in [-0.3, -0.25) is 4.90 Å². The van der Waals surface area contributed by atoms with Crippen LogP contribution in [0.15, 0.2) is 0 Å². The molecule has 4 nitrogen and oxygen atoms in total. The molecule has 0 bridgehead atoms. The molecule has 96 valence electrons. The van der Waals surface area contributed by atoms with Gasteiger partial charge in [-0.2, -0.15) is 0 Å². The van der Waals surface area contributed by atoms with E-state index >= 15 is 0 Å². The van der Waals surface area contributed by atoms with Crippen molar-refractivity contribution in [3.63, 3.8) is 0 Å². The first-order valence-corrected chi connectivity index (χ1v) is 6.20. The Morgan fingerprint density at radius 1 is 1.25 bits per heavy atom. The van der Waals surface area contributed by atoms with E-state index in [9.17, 15) is 0 Å². The molecule has 1 saturated carbocycles. The van der Waals surface area contributed by atoms with Crippen LogP contribution in [0.25, 0.3) is 0 Å². The van der Waals surface area contributed by atoms with E-state index in [1.807, 2.05) is 0 Å². The van der Waals surface area contributed by atoms with Crippen molar-refractivity contribution in [2.45, 2.75) is 24.9 Å². The third-order valence-electron chi connectivity index (χ3n) is 3.10. The fourth-order valence-corrected chi connectivity index (χ4v) is 1.66. The van der Waals surface area contributed by atoms with E-state index in [1.54, 1.807) is 7.11 Å². The van der Waals surface area contributed by atoms with E-state index in [4.69, 9.17) is 4.74 Å². The summed E-state index contributed by atoms with van der Waals surface area (Å²) in [7, 11) is 8.19. The lowest BCUT2D eigenvalue weighted by Crippen LogP contribution is -2.45. The van der Waals surface area contributed by atoms with Crippen LogP contribution in [-0.2, 0) is 4.74 Å². The summed E-state index contributed by atoms with van der Waals surface area (Å²) in [5.74, 6) is 0. The molecular weight excluding hydrogens is 202 g/mol. The molecule has 0 spiro atoms.